The predicted octanol–water partition coefficient (Wildman–Crippen LogP) is 4.31. The molecule has 2 aromatic carbocycles. The molecule has 0 fully saturated rings. The van der Waals surface area contributed by atoms with Gasteiger partial charge in [0.1, 0.15) is 18.0 Å². The molecule has 0 aliphatic heterocycles. The highest BCUT2D eigenvalue weighted by atomic mass is 19.1. The second-order valence-corrected chi connectivity index (χ2v) is 6.93. The van der Waals surface area contributed by atoms with Crippen molar-refractivity contribution in [3.8, 4) is 11.1 Å². The van der Waals surface area contributed by atoms with Crippen LogP contribution in [0.25, 0.3) is 17.2 Å². The molecule has 1 N–H and O–H groups in total. The van der Waals surface area contributed by atoms with Gasteiger partial charge in [-0.2, -0.15) is 0 Å². The summed E-state index contributed by atoms with van der Waals surface area (Å²) in [5.41, 5.74) is 5.31. The van der Waals surface area contributed by atoms with Crippen molar-refractivity contribution in [2.45, 2.75) is 39.7 Å². The average molecular weight is 384 g/mol. The minimum absolute atomic E-state index is 0.165. The van der Waals surface area contributed by atoms with E-state index in [0.29, 0.717) is 5.56 Å². The van der Waals surface area contributed by atoms with Crippen molar-refractivity contribution in [1.29, 1.82) is 0 Å². The van der Waals surface area contributed by atoms with Gasteiger partial charge in [0.25, 0.3) is 0 Å². The zero-order valence-electron chi connectivity index (χ0n) is 16.6. The van der Waals surface area contributed by atoms with Crippen LogP contribution in [-0.2, 0) is 14.3 Å². The number of aryl methyl sites for hydroxylation is 3. The Bertz CT molecular complexity index is 915. The Morgan fingerprint density at radius 2 is 1.86 bits per heavy atom. The summed E-state index contributed by atoms with van der Waals surface area (Å²) < 4.78 is 18.1. The van der Waals surface area contributed by atoms with E-state index in [0.717, 1.165) is 27.8 Å². The molecule has 0 spiro atoms. The number of halogens is 1. The molecule has 0 bridgehead atoms. The van der Waals surface area contributed by atoms with Gasteiger partial charge in [0.15, 0.2) is 0 Å². The number of aliphatic hydroxyl groups is 1. The van der Waals surface area contributed by atoms with E-state index in [1.54, 1.807) is 25.1 Å². The zero-order chi connectivity index (χ0) is 20.8. The Kier molecular flexibility index (Phi) is 7.24. The van der Waals surface area contributed by atoms with Crippen LogP contribution in [0, 0.1) is 26.6 Å². The molecule has 0 saturated heterocycles. The van der Waals surface area contributed by atoms with Gasteiger partial charge in [-0.25, -0.2) is 4.39 Å². The van der Waals surface area contributed by atoms with Crippen molar-refractivity contribution >= 4 is 17.8 Å². The number of esters is 1. The minimum atomic E-state index is -1.01. The van der Waals surface area contributed by atoms with Crippen molar-refractivity contribution in [3.63, 3.8) is 0 Å². The van der Waals surface area contributed by atoms with E-state index in [1.807, 2.05) is 26.0 Å². The molecule has 0 aliphatic rings. The summed E-state index contributed by atoms with van der Waals surface area (Å²) in [6, 6.07) is 8.99. The molecule has 0 saturated carbocycles. The molecule has 148 valence electrons. The number of hydrogen-bond acceptors (Lipinski definition) is 4. The molecule has 0 amide bonds. The topological polar surface area (TPSA) is 63.6 Å². The van der Waals surface area contributed by atoms with Crippen molar-refractivity contribution in [2.75, 3.05) is 7.11 Å². The van der Waals surface area contributed by atoms with Gasteiger partial charge in [0.05, 0.1) is 13.2 Å². The fourth-order valence-electron chi connectivity index (χ4n) is 3.06. The third-order valence-electron chi connectivity index (χ3n) is 4.49. The minimum Gasteiger partial charge on any atom is -0.469 e. The third-order valence-corrected chi connectivity index (χ3v) is 4.49. The zero-order valence-corrected chi connectivity index (χ0v) is 16.6. The second-order valence-electron chi connectivity index (χ2n) is 6.93. The summed E-state index contributed by atoms with van der Waals surface area (Å²) in [6.07, 6.45) is 1.76. The van der Waals surface area contributed by atoms with Crippen LogP contribution >= 0.6 is 0 Å². The van der Waals surface area contributed by atoms with E-state index in [-0.39, 0.29) is 24.4 Å². The quantitative estimate of drug-likeness (QED) is 0.571. The van der Waals surface area contributed by atoms with E-state index in [4.69, 9.17) is 0 Å². The van der Waals surface area contributed by atoms with Gasteiger partial charge >= 0.3 is 5.97 Å². The standard InChI is InChI=1S/C23H25FO4/c1-14-9-15(2)20(7-6-18(25)12-19(26)13-23(27)28-4)21(10-14)17-5-8-22(24)16(3)11-17/h5-11,18,25H,12-13H2,1-4H3/b7-6+. The highest BCUT2D eigenvalue weighted by molar-refractivity contribution is 5.95. The fourth-order valence-corrected chi connectivity index (χ4v) is 3.06. The Hall–Kier alpha value is -2.79. The molecule has 4 nitrogen and oxygen atoms in total. The van der Waals surface area contributed by atoms with Crippen molar-refractivity contribution < 1.29 is 23.8 Å². The lowest BCUT2D eigenvalue weighted by molar-refractivity contribution is -0.143. The first-order chi connectivity index (χ1) is 13.2. The molecule has 1 atom stereocenters. The first-order valence-electron chi connectivity index (χ1n) is 9.03. The van der Waals surface area contributed by atoms with Gasteiger partial charge in [0.2, 0.25) is 0 Å². The number of hydrogen-bond donors (Lipinski definition) is 1. The maximum atomic E-state index is 13.7. The number of benzene rings is 2. The maximum absolute atomic E-state index is 13.7. The highest BCUT2D eigenvalue weighted by Gasteiger charge is 2.14. The lowest BCUT2D eigenvalue weighted by Crippen LogP contribution is -2.15. The van der Waals surface area contributed by atoms with E-state index in [2.05, 4.69) is 4.74 Å². The van der Waals surface area contributed by atoms with Crippen LogP contribution in [0.3, 0.4) is 0 Å². The van der Waals surface area contributed by atoms with Gasteiger partial charge in [-0.3, -0.25) is 9.59 Å². The molecule has 0 heterocycles. The number of Topliss-reactive ketones (excluding diaryl/α,β-unsaturated/α-hetero) is 1. The van der Waals surface area contributed by atoms with Gasteiger partial charge in [0, 0.05) is 6.42 Å². The van der Waals surface area contributed by atoms with Crippen molar-refractivity contribution in [2.24, 2.45) is 0 Å². The number of ketones is 1. The molecule has 28 heavy (non-hydrogen) atoms. The Morgan fingerprint density at radius 1 is 1.14 bits per heavy atom. The lowest BCUT2D eigenvalue weighted by atomic mass is 9.92. The second kappa shape index (κ2) is 9.42. The SMILES string of the molecule is COC(=O)CC(=O)CC(O)/C=C/c1c(C)cc(C)cc1-c1ccc(F)c(C)c1. The summed E-state index contributed by atoms with van der Waals surface area (Å²) in [5.74, 6) is -1.27. The van der Waals surface area contributed by atoms with Crippen LogP contribution in [0.2, 0.25) is 0 Å². The summed E-state index contributed by atoms with van der Waals surface area (Å²) in [5, 5.41) is 10.1. The summed E-state index contributed by atoms with van der Waals surface area (Å²) in [7, 11) is 1.21. The number of methoxy groups -OCH3 is 1. The van der Waals surface area contributed by atoms with E-state index in [1.165, 1.54) is 19.3 Å². The lowest BCUT2D eigenvalue weighted by Gasteiger charge is -2.13. The van der Waals surface area contributed by atoms with E-state index >= 15 is 0 Å². The molecular formula is C23H25FO4. The van der Waals surface area contributed by atoms with Gasteiger partial charge in [-0.15, -0.1) is 0 Å². The summed E-state index contributed by atoms with van der Waals surface area (Å²) in [4.78, 5) is 22.9. The Morgan fingerprint density at radius 3 is 2.50 bits per heavy atom. The summed E-state index contributed by atoms with van der Waals surface area (Å²) >= 11 is 0. The molecule has 2 rings (SSSR count). The van der Waals surface area contributed by atoms with E-state index in [9.17, 15) is 19.1 Å². The van der Waals surface area contributed by atoms with E-state index < -0.39 is 12.1 Å². The monoisotopic (exact) mass is 384 g/mol. The van der Waals surface area contributed by atoms with Gasteiger partial charge in [-0.05, 0) is 60.7 Å². The maximum Gasteiger partial charge on any atom is 0.313 e. The van der Waals surface area contributed by atoms with Crippen LogP contribution in [0.5, 0.6) is 0 Å². The molecule has 1 unspecified atom stereocenters. The number of ether oxygens (including phenoxy) is 1. The van der Waals surface area contributed by atoms with Crippen LogP contribution < -0.4 is 0 Å². The van der Waals surface area contributed by atoms with Crippen LogP contribution in [0.4, 0.5) is 4.39 Å². The highest BCUT2D eigenvalue weighted by Crippen LogP contribution is 2.30. The number of carbonyl (C=O) groups is 2. The number of rotatable bonds is 7. The molecule has 5 heteroatoms. The largest absolute Gasteiger partial charge is 0.469 e. The molecule has 0 aromatic heterocycles. The third kappa shape index (κ3) is 5.60. The average Bonchev–Trinajstić information content (AvgIpc) is 2.62. The van der Waals surface area contributed by atoms with Crippen molar-refractivity contribution in [1.82, 2.24) is 0 Å². The van der Waals surface area contributed by atoms with Crippen LogP contribution in [-0.4, -0.2) is 30.1 Å². The molecular weight excluding hydrogens is 359 g/mol. The molecule has 2 aromatic rings. The number of aliphatic hydroxyl groups excluding tert-OH is 1. The fraction of sp³-hybridized carbons (Fsp3) is 0.304. The number of carbonyl (C=O) groups excluding carboxylic acids is 2. The predicted molar refractivity (Wildman–Crippen MR) is 107 cm³/mol. The Balaban J connectivity index is 2.29. The van der Waals surface area contributed by atoms with Gasteiger partial charge in [-0.1, -0.05) is 35.9 Å². The summed E-state index contributed by atoms with van der Waals surface area (Å²) in [6.45, 7) is 5.66. The molecule has 0 aliphatic carbocycles. The Labute approximate surface area is 164 Å². The first-order valence-corrected chi connectivity index (χ1v) is 9.03. The molecule has 0 radical (unpaired) electrons. The smallest absolute Gasteiger partial charge is 0.313 e. The van der Waals surface area contributed by atoms with Gasteiger partial charge < -0.3 is 9.84 Å². The normalized spacial score (nSPS) is 12.2. The van der Waals surface area contributed by atoms with Crippen LogP contribution in [0.15, 0.2) is 36.4 Å². The van der Waals surface area contributed by atoms with Crippen LogP contribution in [0.1, 0.15) is 35.1 Å². The first kappa shape index (κ1) is 21.5. The van der Waals surface area contributed by atoms with Crippen molar-refractivity contribution in [3.05, 3.63) is 64.5 Å².